The van der Waals surface area contributed by atoms with E-state index in [2.05, 4.69) is 11.9 Å². The van der Waals surface area contributed by atoms with Crippen molar-refractivity contribution in [3.63, 3.8) is 0 Å². The number of nitrogens with one attached hydrogen (secondary N) is 1. The van der Waals surface area contributed by atoms with E-state index in [1.54, 1.807) is 12.1 Å². The first-order chi connectivity index (χ1) is 6.74. The Bertz CT molecular complexity index is 316. The molecular weight excluding hydrogens is 174 g/mol. The maximum atomic E-state index is 11.5. The third-order valence-electron chi connectivity index (χ3n) is 2.03. The molecule has 0 saturated carbocycles. The quantitative estimate of drug-likeness (QED) is 0.724. The summed E-state index contributed by atoms with van der Waals surface area (Å²) < 4.78 is 0. The highest BCUT2D eigenvalue weighted by Gasteiger charge is 2.02. The lowest BCUT2D eigenvalue weighted by Gasteiger charge is -2.05. The molecule has 0 bridgehead atoms. The van der Waals surface area contributed by atoms with Crippen LogP contribution in [0.3, 0.4) is 0 Å². The molecule has 0 aliphatic heterocycles. The standard InChI is InChI=1S/C12H15NO/c1-3-10(2)9-13-12(14)11-7-5-4-6-8-11/h4-8H,2-3,9H2,1H3,(H,13,14). The van der Waals surface area contributed by atoms with Crippen LogP contribution in [0.1, 0.15) is 23.7 Å². The van der Waals surface area contributed by atoms with E-state index >= 15 is 0 Å². The molecule has 1 aromatic carbocycles. The smallest absolute Gasteiger partial charge is 0.251 e. The summed E-state index contributed by atoms with van der Waals surface area (Å²) >= 11 is 0. The second kappa shape index (κ2) is 5.22. The second-order valence-electron chi connectivity index (χ2n) is 3.15. The fourth-order valence-electron chi connectivity index (χ4n) is 1.02. The molecule has 1 rings (SSSR count). The van der Waals surface area contributed by atoms with Crippen molar-refractivity contribution in [2.24, 2.45) is 0 Å². The van der Waals surface area contributed by atoms with Crippen molar-refractivity contribution in [1.29, 1.82) is 0 Å². The average Bonchev–Trinajstić information content (AvgIpc) is 2.26. The number of hydrogen-bond donors (Lipinski definition) is 1. The fourth-order valence-corrected chi connectivity index (χ4v) is 1.02. The molecule has 0 radical (unpaired) electrons. The van der Waals surface area contributed by atoms with Gasteiger partial charge in [-0.3, -0.25) is 4.79 Å². The van der Waals surface area contributed by atoms with Gasteiger partial charge in [-0.25, -0.2) is 0 Å². The van der Waals surface area contributed by atoms with Crippen LogP contribution in [0.5, 0.6) is 0 Å². The van der Waals surface area contributed by atoms with Gasteiger partial charge >= 0.3 is 0 Å². The van der Waals surface area contributed by atoms with Gasteiger partial charge in [-0.2, -0.15) is 0 Å². The molecule has 0 unspecified atom stereocenters. The number of rotatable bonds is 4. The molecule has 1 aromatic rings. The maximum absolute atomic E-state index is 11.5. The molecule has 1 N–H and O–H groups in total. The molecule has 0 spiro atoms. The molecule has 14 heavy (non-hydrogen) atoms. The highest BCUT2D eigenvalue weighted by atomic mass is 16.1. The molecule has 0 saturated heterocycles. The van der Waals surface area contributed by atoms with Gasteiger partial charge in [0.1, 0.15) is 0 Å². The molecular formula is C12H15NO. The van der Waals surface area contributed by atoms with E-state index in [-0.39, 0.29) is 5.91 Å². The van der Waals surface area contributed by atoms with Crippen LogP contribution in [0.4, 0.5) is 0 Å². The number of amides is 1. The van der Waals surface area contributed by atoms with Gasteiger partial charge in [0.15, 0.2) is 0 Å². The Morgan fingerprint density at radius 1 is 1.36 bits per heavy atom. The first kappa shape index (κ1) is 10.5. The molecule has 0 aromatic heterocycles. The average molecular weight is 189 g/mol. The monoisotopic (exact) mass is 189 g/mol. The molecule has 2 nitrogen and oxygen atoms in total. The minimum atomic E-state index is -0.0415. The van der Waals surface area contributed by atoms with E-state index < -0.39 is 0 Å². The molecule has 0 heterocycles. The van der Waals surface area contributed by atoms with Crippen molar-refractivity contribution in [2.45, 2.75) is 13.3 Å². The summed E-state index contributed by atoms with van der Waals surface area (Å²) in [6.45, 7) is 6.41. The van der Waals surface area contributed by atoms with Crippen LogP contribution in [0.25, 0.3) is 0 Å². The predicted molar refractivity (Wildman–Crippen MR) is 58.2 cm³/mol. The third-order valence-corrected chi connectivity index (χ3v) is 2.03. The van der Waals surface area contributed by atoms with E-state index in [4.69, 9.17) is 0 Å². The summed E-state index contributed by atoms with van der Waals surface area (Å²) in [5.41, 5.74) is 1.73. The fraction of sp³-hybridized carbons (Fsp3) is 0.250. The second-order valence-corrected chi connectivity index (χ2v) is 3.15. The van der Waals surface area contributed by atoms with Gasteiger partial charge in [0.05, 0.1) is 0 Å². The topological polar surface area (TPSA) is 29.1 Å². The highest BCUT2D eigenvalue weighted by molar-refractivity contribution is 5.94. The highest BCUT2D eigenvalue weighted by Crippen LogP contribution is 1.99. The minimum absolute atomic E-state index is 0.0415. The predicted octanol–water partition coefficient (Wildman–Crippen LogP) is 2.38. The summed E-state index contributed by atoms with van der Waals surface area (Å²) in [7, 11) is 0. The van der Waals surface area contributed by atoms with E-state index in [0.717, 1.165) is 12.0 Å². The lowest BCUT2D eigenvalue weighted by Crippen LogP contribution is -2.25. The van der Waals surface area contributed by atoms with Crippen LogP contribution in [-0.4, -0.2) is 12.5 Å². The summed E-state index contributed by atoms with van der Waals surface area (Å²) in [4.78, 5) is 11.5. The lowest BCUT2D eigenvalue weighted by atomic mass is 10.2. The zero-order valence-electron chi connectivity index (χ0n) is 8.42. The van der Waals surface area contributed by atoms with Gasteiger partial charge in [0, 0.05) is 12.1 Å². The molecule has 1 amide bonds. The Labute approximate surface area is 84.6 Å². The molecule has 0 fully saturated rings. The van der Waals surface area contributed by atoms with Gasteiger partial charge < -0.3 is 5.32 Å². The Hall–Kier alpha value is -1.57. The molecule has 0 aliphatic rings. The zero-order chi connectivity index (χ0) is 10.4. The van der Waals surface area contributed by atoms with Crippen molar-refractivity contribution in [2.75, 3.05) is 6.54 Å². The normalized spacial score (nSPS) is 9.50. The number of hydrogen-bond acceptors (Lipinski definition) is 1. The summed E-state index contributed by atoms with van der Waals surface area (Å²) in [6.07, 6.45) is 0.898. The van der Waals surface area contributed by atoms with Gasteiger partial charge in [0.2, 0.25) is 0 Å². The number of carbonyl (C=O) groups is 1. The van der Waals surface area contributed by atoms with Crippen LogP contribution in [0.2, 0.25) is 0 Å². The summed E-state index contributed by atoms with van der Waals surface area (Å²) in [5, 5.41) is 2.81. The molecule has 0 atom stereocenters. The van der Waals surface area contributed by atoms with Gasteiger partial charge in [-0.1, -0.05) is 37.3 Å². The molecule has 0 aliphatic carbocycles. The van der Waals surface area contributed by atoms with Crippen molar-refractivity contribution in [1.82, 2.24) is 5.32 Å². The SMILES string of the molecule is C=C(CC)CNC(=O)c1ccccc1. The van der Waals surface area contributed by atoms with Gasteiger partial charge in [-0.05, 0) is 18.6 Å². The molecule has 2 heteroatoms. The van der Waals surface area contributed by atoms with Crippen molar-refractivity contribution in [3.05, 3.63) is 48.0 Å². The Morgan fingerprint density at radius 3 is 2.57 bits per heavy atom. The van der Waals surface area contributed by atoms with E-state index in [1.165, 1.54) is 0 Å². The first-order valence-electron chi connectivity index (χ1n) is 4.74. The van der Waals surface area contributed by atoms with Crippen LogP contribution >= 0.6 is 0 Å². The Balaban J connectivity index is 2.48. The minimum Gasteiger partial charge on any atom is -0.348 e. The van der Waals surface area contributed by atoms with Crippen LogP contribution in [0, 0.1) is 0 Å². The van der Waals surface area contributed by atoms with Crippen molar-refractivity contribution >= 4 is 5.91 Å². The van der Waals surface area contributed by atoms with Crippen molar-refractivity contribution in [3.8, 4) is 0 Å². The Morgan fingerprint density at radius 2 is 2.00 bits per heavy atom. The molecule has 74 valence electrons. The van der Waals surface area contributed by atoms with E-state index in [0.29, 0.717) is 12.1 Å². The summed E-state index contributed by atoms with van der Waals surface area (Å²) in [5.74, 6) is -0.0415. The third kappa shape index (κ3) is 3.05. The number of carbonyl (C=O) groups excluding carboxylic acids is 1. The first-order valence-corrected chi connectivity index (χ1v) is 4.74. The largest absolute Gasteiger partial charge is 0.348 e. The Kier molecular flexibility index (Phi) is 3.92. The van der Waals surface area contributed by atoms with Crippen LogP contribution in [-0.2, 0) is 0 Å². The maximum Gasteiger partial charge on any atom is 0.251 e. The van der Waals surface area contributed by atoms with Gasteiger partial charge in [-0.15, -0.1) is 0 Å². The van der Waals surface area contributed by atoms with Crippen molar-refractivity contribution < 1.29 is 4.79 Å². The van der Waals surface area contributed by atoms with Crippen LogP contribution in [0.15, 0.2) is 42.5 Å². The zero-order valence-corrected chi connectivity index (χ0v) is 8.42. The van der Waals surface area contributed by atoms with Gasteiger partial charge in [0.25, 0.3) is 5.91 Å². The van der Waals surface area contributed by atoms with E-state index in [9.17, 15) is 4.79 Å². The number of benzene rings is 1. The van der Waals surface area contributed by atoms with E-state index in [1.807, 2.05) is 25.1 Å². The van der Waals surface area contributed by atoms with Crippen LogP contribution < -0.4 is 5.32 Å². The summed E-state index contributed by atoms with van der Waals surface area (Å²) in [6, 6.07) is 9.18. The lowest BCUT2D eigenvalue weighted by molar-refractivity contribution is 0.0957.